The number of benzene rings is 1. The van der Waals surface area contributed by atoms with Gasteiger partial charge >= 0.3 is 0 Å². The molecule has 1 aromatic carbocycles. The van der Waals surface area contributed by atoms with Gasteiger partial charge in [0.15, 0.2) is 0 Å². The predicted octanol–water partition coefficient (Wildman–Crippen LogP) is 3.86. The molecule has 120 valence electrons. The van der Waals surface area contributed by atoms with E-state index in [1.165, 1.54) is 31.4 Å². The summed E-state index contributed by atoms with van der Waals surface area (Å²) >= 11 is 0. The van der Waals surface area contributed by atoms with Crippen LogP contribution < -0.4 is 10.1 Å². The van der Waals surface area contributed by atoms with Gasteiger partial charge in [-0.3, -0.25) is 4.90 Å². The van der Waals surface area contributed by atoms with Crippen LogP contribution in [0.15, 0.2) is 24.3 Å². The maximum atomic E-state index is 5.24. The van der Waals surface area contributed by atoms with Crippen LogP contribution in [0.3, 0.4) is 0 Å². The van der Waals surface area contributed by atoms with E-state index < -0.39 is 0 Å². The van der Waals surface area contributed by atoms with Crippen molar-refractivity contribution in [3.63, 3.8) is 0 Å². The van der Waals surface area contributed by atoms with Crippen LogP contribution in [0, 0.1) is 0 Å². The van der Waals surface area contributed by atoms with E-state index in [-0.39, 0.29) is 0 Å². The highest BCUT2D eigenvalue weighted by Crippen LogP contribution is 2.19. The Kier molecular flexibility index (Phi) is 8.40. The number of nitrogens with one attached hydrogen (secondary N) is 1. The number of rotatable bonds is 10. The van der Waals surface area contributed by atoms with E-state index in [2.05, 4.69) is 43.1 Å². The van der Waals surface area contributed by atoms with E-state index in [0.29, 0.717) is 12.1 Å². The third kappa shape index (κ3) is 6.06. The highest BCUT2D eigenvalue weighted by Gasteiger charge is 2.16. The molecular formula is C18H32N2O. The Balaban J connectivity index is 2.67. The fourth-order valence-electron chi connectivity index (χ4n) is 2.56. The first-order chi connectivity index (χ1) is 10.1. The van der Waals surface area contributed by atoms with Gasteiger partial charge in [-0.1, -0.05) is 31.9 Å². The van der Waals surface area contributed by atoms with Crippen LogP contribution in [-0.4, -0.2) is 38.2 Å². The lowest BCUT2D eigenvalue weighted by Gasteiger charge is -2.31. The average molecular weight is 292 g/mol. The lowest BCUT2D eigenvalue weighted by atomic mass is 10.1. The van der Waals surface area contributed by atoms with Crippen LogP contribution in [0.5, 0.6) is 5.75 Å². The van der Waals surface area contributed by atoms with E-state index in [1.54, 1.807) is 7.11 Å². The van der Waals surface area contributed by atoms with Crippen molar-refractivity contribution in [3.8, 4) is 5.75 Å². The zero-order chi connectivity index (χ0) is 15.7. The smallest absolute Gasteiger partial charge is 0.118 e. The van der Waals surface area contributed by atoms with Crippen molar-refractivity contribution in [1.82, 2.24) is 10.2 Å². The van der Waals surface area contributed by atoms with E-state index >= 15 is 0 Å². The molecule has 1 rings (SSSR count). The Morgan fingerprint density at radius 2 is 1.81 bits per heavy atom. The third-order valence-corrected chi connectivity index (χ3v) is 4.06. The summed E-state index contributed by atoms with van der Waals surface area (Å²) in [4.78, 5) is 2.57. The molecule has 0 spiro atoms. The highest BCUT2D eigenvalue weighted by molar-refractivity contribution is 5.29. The quantitative estimate of drug-likeness (QED) is 0.663. The van der Waals surface area contributed by atoms with Crippen LogP contribution >= 0.6 is 0 Å². The molecule has 0 aromatic heterocycles. The maximum absolute atomic E-state index is 5.24. The van der Waals surface area contributed by atoms with Crippen molar-refractivity contribution < 1.29 is 4.74 Å². The van der Waals surface area contributed by atoms with Gasteiger partial charge in [-0.05, 0) is 51.6 Å². The minimum absolute atomic E-state index is 0.361. The molecule has 0 heterocycles. The van der Waals surface area contributed by atoms with Gasteiger partial charge in [-0.2, -0.15) is 0 Å². The van der Waals surface area contributed by atoms with Crippen LogP contribution in [0.1, 0.15) is 51.6 Å². The summed E-state index contributed by atoms with van der Waals surface area (Å²) < 4.78 is 5.24. The second kappa shape index (κ2) is 9.80. The number of nitrogens with zero attached hydrogens (tertiary/aromatic N) is 1. The molecule has 0 amide bonds. The molecule has 0 radical (unpaired) electrons. The van der Waals surface area contributed by atoms with Gasteiger partial charge < -0.3 is 10.1 Å². The Bertz CT molecular complexity index is 375. The zero-order valence-corrected chi connectivity index (χ0v) is 14.4. The zero-order valence-electron chi connectivity index (χ0n) is 14.4. The topological polar surface area (TPSA) is 24.5 Å². The largest absolute Gasteiger partial charge is 0.497 e. The summed E-state index contributed by atoms with van der Waals surface area (Å²) in [5.74, 6) is 0.914. The number of methoxy groups -OCH3 is 1. The second-order valence-corrected chi connectivity index (χ2v) is 5.91. The fraction of sp³-hybridized carbons (Fsp3) is 0.667. The van der Waals surface area contributed by atoms with Gasteiger partial charge in [-0.15, -0.1) is 0 Å². The summed E-state index contributed by atoms with van der Waals surface area (Å²) in [5.41, 5.74) is 1.32. The molecule has 0 bridgehead atoms. The average Bonchev–Trinajstić information content (AvgIpc) is 2.50. The van der Waals surface area contributed by atoms with E-state index in [9.17, 15) is 0 Å². The summed E-state index contributed by atoms with van der Waals surface area (Å²) in [6, 6.07) is 9.33. The van der Waals surface area contributed by atoms with Gasteiger partial charge in [0.25, 0.3) is 0 Å². The first-order valence-electron chi connectivity index (χ1n) is 8.17. The Morgan fingerprint density at radius 1 is 1.14 bits per heavy atom. The van der Waals surface area contributed by atoms with Crippen LogP contribution in [0.2, 0.25) is 0 Å². The summed E-state index contributed by atoms with van der Waals surface area (Å²) in [6.07, 6.45) is 3.88. The van der Waals surface area contributed by atoms with Crippen LogP contribution in [0.25, 0.3) is 0 Å². The number of hydrogen-bond donors (Lipinski definition) is 1. The van der Waals surface area contributed by atoms with Crippen molar-refractivity contribution in [2.75, 3.05) is 27.2 Å². The second-order valence-electron chi connectivity index (χ2n) is 5.91. The molecular weight excluding hydrogens is 260 g/mol. The summed E-state index contributed by atoms with van der Waals surface area (Å²) in [7, 11) is 3.75. The van der Waals surface area contributed by atoms with Crippen molar-refractivity contribution in [3.05, 3.63) is 29.8 Å². The lowest BCUT2D eigenvalue weighted by molar-refractivity contribution is 0.196. The summed E-state index contributed by atoms with van der Waals surface area (Å²) in [5, 5.41) is 3.45. The lowest BCUT2D eigenvalue weighted by Crippen LogP contribution is -2.38. The number of unbranched alkanes of at least 4 members (excludes halogenated alkanes) is 2. The molecule has 0 aliphatic carbocycles. The van der Waals surface area contributed by atoms with Gasteiger partial charge in [0.2, 0.25) is 0 Å². The van der Waals surface area contributed by atoms with Gasteiger partial charge in [0, 0.05) is 18.6 Å². The number of hydrogen-bond acceptors (Lipinski definition) is 3. The van der Waals surface area contributed by atoms with Crippen LogP contribution in [0.4, 0.5) is 0 Å². The summed E-state index contributed by atoms with van der Waals surface area (Å²) in [6.45, 7) is 9.05. The van der Waals surface area contributed by atoms with E-state index in [0.717, 1.165) is 12.3 Å². The SMILES string of the molecule is CCCCCN(CC(NC)c1ccc(OC)cc1)C(C)C. The first-order valence-corrected chi connectivity index (χ1v) is 8.17. The Morgan fingerprint density at radius 3 is 2.29 bits per heavy atom. The number of ether oxygens (including phenoxy) is 1. The minimum Gasteiger partial charge on any atom is -0.497 e. The first kappa shape index (κ1) is 18.0. The Hall–Kier alpha value is -1.06. The maximum Gasteiger partial charge on any atom is 0.118 e. The molecule has 1 unspecified atom stereocenters. The normalized spacial score (nSPS) is 12.9. The molecule has 0 saturated carbocycles. The molecule has 21 heavy (non-hydrogen) atoms. The molecule has 0 fully saturated rings. The van der Waals surface area contributed by atoms with Crippen molar-refractivity contribution in [1.29, 1.82) is 0 Å². The molecule has 0 aliphatic rings. The van der Waals surface area contributed by atoms with E-state index in [4.69, 9.17) is 4.74 Å². The monoisotopic (exact) mass is 292 g/mol. The number of likely N-dealkylation sites (N-methyl/N-ethyl adjacent to an activating group) is 1. The predicted molar refractivity (Wildman–Crippen MR) is 91.0 cm³/mol. The molecule has 0 aliphatic heterocycles. The molecule has 0 saturated heterocycles. The fourth-order valence-corrected chi connectivity index (χ4v) is 2.56. The molecule has 3 nitrogen and oxygen atoms in total. The van der Waals surface area contributed by atoms with E-state index in [1.807, 2.05) is 19.2 Å². The third-order valence-electron chi connectivity index (χ3n) is 4.06. The van der Waals surface area contributed by atoms with Crippen LogP contribution in [-0.2, 0) is 0 Å². The van der Waals surface area contributed by atoms with Gasteiger partial charge in [0.05, 0.1) is 7.11 Å². The Labute approximate surface area is 130 Å². The molecule has 3 heteroatoms. The molecule has 1 aromatic rings. The highest BCUT2D eigenvalue weighted by atomic mass is 16.5. The van der Waals surface area contributed by atoms with Crippen molar-refractivity contribution >= 4 is 0 Å². The standard InChI is InChI=1S/C18H32N2O/c1-6-7-8-13-20(15(2)3)14-18(19-4)16-9-11-17(21-5)12-10-16/h9-12,15,18-19H,6-8,13-14H2,1-5H3. The van der Waals surface area contributed by atoms with Gasteiger partial charge in [0.1, 0.15) is 5.75 Å². The molecule has 1 atom stereocenters. The van der Waals surface area contributed by atoms with Crippen molar-refractivity contribution in [2.24, 2.45) is 0 Å². The van der Waals surface area contributed by atoms with Crippen molar-refractivity contribution in [2.45, 2.75) is 52.1 Å². The molecule has 1 N–H and O–H groups in total. The minimum atomic E-state index is 0.361. The van der Waals surface area contributed by atoms with Gasteiger partial charge in [-0.25, -0.2) is 0 Å².